The van der Waals surface area contributed by atoms with Gasteiger partial charge in [-0.15, -0.1) is 0 Å². The summed E-state index contributed by atoms with van der Waals surface area (Å²) in [5.74, 6) is -2.35. The highest BCUT2D eigenvalue weighted by atomic mass is 19.4. The predicted octanol–water partition coefficient (Wildman–Crippen LogP) is 4.40. The number of methoxy groups -OCH3 is 1. The molecule has 2 aromatic rings. The van der Waals surface area contributed by atoms with Crippen LogP contribution in [0.2, 0.25) is 0 Å². The molecule has 2 fully saturated rings. The fourth-order valence-electron chi connectivity index (χ4n) is 5.66. The van der Waals surface area contributed by atoms with Crippen molar-refractivity contribution in [1.82, 2.24) is 19.6 Å². The van der Waals surface area contributed by atoms with Crippen molar-refractivity contribution in [3.63, 3.8) is 0 Å². The van der Waals surface area contributed by atoms with Crippen LogP contribution in [0, 0.1) is 5.82 Å². The number of halogens is 4. The monoisotopic (exact) mass is 540 g/mol. The summed E-state index contributed by atoms with van der Waals surface area (Å²) in [6.45, 7) is 3.03. The first-order valence-electron chi connectivity index (χ1n) is 12.6. The van der Waals surface area contributed by atoms with Gasteiger partial charge in [-0.05, 0) is 44.8 Å². The van der Waals surface area contributed by atoms with Crippen LogP contribution in [-0.2, 0) is 16.8 Å². The predicted molar refractivity (Wildman–Crippen MR) is 130 cm³/mol. The molecular weight excluding hydrogens is 508 g/mol. The summed E-state index contributed by atoms with van der Waals surface area (Å²) in [4.78, 5) is 25.9. The Kier molecular flexibility index (Phi) is 8.01. The van der Waals surface area contributed by atoms with Gasteiger partial charge in [0, 0.05) is 43.4 Å². The number of aliphatic carboxylic acids is 1. The molecule has 0 bridgehead atoms. The fraction of sp³-hybridized carbons (Fsp3) is 0.577. The van der Waals surface area contributed by atoms with E-state index < -0.39 is 12.1 Å². The zero-order valence-corrected chi connectivity index (χ0v) is 21.4. The van der Waals surface area contributed by atoms with Crippen LogP contribution in [0.4, 0.5) is 17.6 Å². The molecule has 1 aromatic carbocycles. The molecule has 3 aliphatic rings. The molecule has 1 aliphatic carbocycles. The Hall–Kier alpha value is -3.15. The molecule has 1 N–H and O–H groups in total. The van der Waals surface area contributed by atoms with Crippen LogP contribution in [0.15, 0.2) is 24.4 Å². The Morgan fingerprint density at radius 1 is 1.21 bits per heavy atom. The third-order valence-electron chi connectivity index (χ3n) is 7.76. The maximum atomic E-state index is 14.4. The number of hydrogen-bond donors (Lipinski definition) is 1. The van der Waals surface area contributed by atoms with E-state index in [1.54, 1.807) is 7.11 Å². The Morgan fingerprint density at radius 3 is 2.39 bits per heavy atom. The van der Waals surface area contributed by atoms with Gasteiger partial charge in [0.05, 0.1) is 24.4 Å². The number of ether oxygens (including phenoxy) is 1. The van der Waals surface area contributed by atoms with E-state index in [4.69, 9.17) is 19.7 Å². The number of fused-ring (bicyclic) bond motifs is 2. The number of benzene rings is 1. The molecule has 1 aromatic heterocycles. The number of likely N-dealkylation sites (tertiary alicyclic amines) is 1. The highest BCUT2D eigenvalue weighted by Crippen LogP contribution is 2.42. The van der Waals surface area contributed by atoms with Crippen LogP contribution in [0.3, 0.4) is 0 Å². The SMILES string of the molecule is COc1ccc(CN2CCC3(CC2)CN(C)C(=O)c2cn(C4CCCC4)nc23)c(F)c1.O=C(O)C(F)(F)F. The molecule has 1 amide bonds. The summed E-state index contributed by atoms with van der Waals surface area (Å²) < 4.78 is 53.3. The molecule has 3 heterocycles. The van der Waals surface area contributed by atoms with Crippen LogP contribution in [0.1, 0.15) is 66.2 Å². The Labute approximate surface area is 218 Å². The third kappa shape index (κ3) is 5.79. The van der Waals surface area contributed by atoms with E-state index in [1.165, 1.54) is 18.9 Å². The molecule has 12 heteroatoms. The fourth-order valence-corrected chi connectivity index (χ4v) is 5.66. The standard InChI is InChI=1S/C24H31FN4O2.C2HF3O2/c1-27-16-24(22-20(23(27)30)15-29(26-22)18-5-3-4-6-18)9-11-28(12-10-24)14-17-7-8-19(31-2)13-21(17)25;3-2(4,5)1(6)7/h7-8,13,15,18H,3-6,9-12,14,16H2,1-2H3;(H,6,7). The maximum absolute atomic E-state index is 14.4. The topological polar surface area (TPSA) is 87.9 Å². The maximum Gasteiger partial charge on any atom is 0.490 e. The largest absolute Gasteiger partial charge is 0.497 e. The summed E-state index contributed by atoms with van der Waals surface area (Å²) in [5.41, 5.74) is 2.38. The van der Waals surface area contributed by atoms with Gasteiger partial charge in [0.1, 0.15) is 11.6 Å². The van der Waals surface area contributed by atoms with Crippen molar-refractivity contribution < 1.29 is 37.0 Å². The number of carbonyl (C=O) groups is 2. The minimum absolute atomic E-state index is 0.0904. The Bertz CT molecular complexity index is 1170. The lowest BCUT2D eigenvalue weighted by Crippen LogP contribution is -2.53. The second-order valence-electron chi connectivity index (χ2n) is 10.3. The van der Waals surface area contributed by atoms with E-state index in [0.29, 0.717) is 30.4 Å². The van der Waals surface area contributed by atoms with E-state index in [0.717, 1.165) is 50.0 Å². The second kappa shape index (κ2) is 10.9. The van der Waals surface area contributed by atoms with Gasteiger partial charge in [-0.2, -0.15) is 18.3 Å². The quantitative estimate of drug-likeness (QED) is 0.579. The number of carbonyl (C=O) groups excluding carboxylic acids is 1. The van der Waals surface area contributed by atoms with E-state index >= 15 is 0 Å². The molecular formula is C26H32F4N4O4. The van der Waals surface area contributed by atoms with Gasteiger partial charge in [0.25, 0.3) is 5.91 Å². The van der Waals surface area contributed by atoms with Gasteiger partial charge in [-0.25, -0.2) is 9.18 Å². The molecule has 208 valence electrons. The Morgan fingerprint density at radius 2 is 1.84 bits per heavy atom. The summed E-state index contributed by atoms with van der Waals surface area (Å²) in [6, 6.07) is 5.50. The van der Waals surface area contributed by atoms with Gasteiger partial charge < -0.3 is 14.7 Å². The van der Waals surface area contributed by atoms with Crippen molar-refractivity contribution in [2.45, 2.75) is 62.7 Å². The normalized spacial score (nSPS) is 19.7. The number of carboxylic acid groups (broad SMARTS) is 1. The number of carboxylic acids is 1. The lowest BCUT2D eigenvalue weighted by Gasteiger charge is -2.45. The van der Waals surface area contributed by atoms with Crippen LogP contribution in [-0.4, -0.2) is 76.5 Å². The molecule has 8 nitrogen and oxygen atoms in total. The molecule has 1 saturated carbocycles. The van der Waals surface area contributed by atoms with Gasteiger partial charge >= 0.3 is 12.1 Å². The van der Waals surface area contributed by atoms with Crippen LogP contribution >= 0.6 is 0 Å². The number of amides is 1. The molecule has 1 spiro atoms. The zero-order valence-electron chi connectivity index (χ0n) is 21.4. The number of likely N-dealkylation sites (N-methyl/N-ethyl adjacent to an activating group) is 1. The first kappa shape index (κ1) is 27.9. The number of nitrogens with zero attached hydrogens (tertiary/aromatic N) is 4. The molecule has 5 rings (SSSR count). The van der Waals surface area contributed by atoms with Gasteiger partial charge in [-0.3, -0.25) is 14.4 Å². The van der Waals surface area contributed by atoms with Crippen LogP contribution in [0.25, 0.3) is 0 Å². The molecule has 0 unspecified atom stereocenters. The number of alkyl halides is 3. The van der Waals surface area contributed by atoms with Crippen LogP contribution < -0.4 is 4.74 Å². The molecule has 38 heavy (non-hydrogen) atoms. The van der Waals surface area contributed by atoms with Crippen molar-refractivity contribution in [3.8, 4) is 5.75 Å². The van der Waals surface area contributed by atoms with E-state index in [9.17, 15) is 22.4 Å². The van der Waals surface area contributed by atoms with Crippen LogP contribution in [0.5, 0.6) is 5.75 Å². The summed E-state index contributed by atoms with van der Waals surface area (Å²) in [5, 5.41) is 12.1. The van der Waals surface area contributed by atoms with E-state index in [-0.39, 0.29) is 17.1 Å². The number of rotatable bonds is 4. The summed E-state index contributed by atoms with van der Waals surface area (Å²) in [7, 11) is 3.45. The first-order valence-corrected chi connectivity index (χ1v) is 12.6. The molecule has 2 aliphatic heterocycles. The lowest BCUT2D eigenvalue weighted by molar-refractivity contribution is -0.192. The van der Waals surface area contributed by atoms with E-state index in [1.807, 2.05) is 30.3 Å². The summed E-state index contributed by atoms with van der Waals surface area (Å²) in [6.07, 6.45) is 3.56. The minimum atomic E-state index is -5.08. The number of aromatic nitrogens is 2. The second-order valence-corrected chi connectivity index (χ2v) is 10.3. The highest BCUT2D eigenvalue weighted by Gasteiger charge is 2.46. The van der Waals surface area contributed by atoms with Crippen molar-refractivity contribution in [2.24, 2.45) is 0 Å². The van der Waals surface area contributed by atoms with Gasteiger partial charge in [0.15, 0.2) is 0 Å². The van der Waals surface area contributed by atoms with Gasteiger partial charge in [0.2, 0.25) is 0 Å². The Balaban J connectivity index is 0.000000426. The van der Waals surface area contributed by atoms with Crippen molar-refractivity contribution in [3.05, 3.63) is 47.0 Å². The average molecular weight is 541 g/mol. The van der Waals surface area contributed by atoms with Crippen molar-refractivity contribution in [1.29, 1.82) is 0 Å². The summed E-state index contributed by atoms with van der Waals surface area (Å²) >= 11 is 0. The van der Waals surface area contributed by atoms with Crippen molar-refractivity contribution in [2.75, 3.05) is 33.8 Å². The number of piperidine rings is 1. The molecule has 0 atom stereocenters. The number of hydrogen-bond acceptors (Lipinski definition) is 5. The zero-order chi connectivity index (χ0) is 27.7. The first-order chi connectivity index (χ1) is 17.9. The third-order valence-corrected chi connectivity index (χ3v) is 7.76. The highest BCUT2D eigenvalue weighted by molar-refractivity contribution is 5.96. The minimum Gasteiger partial charge on any atom is -0.497 e. The smallest absolute Gasteiger partial charge is 0.490 e. The van der Waals surface area contributed by atoms with Gasteiger partial charge in [-0.1, -0.05) is 18.9 Å². The van der Waals surface area contributed by atoms with Crippen molar-refractivity contribution >= 4 is 11.9 Å². The average Bonchev–Trinajstić information content (AvgIpc) is 3.56. The van der Waals surface area contributed by atoms with E-state index in [2.05, 4.69) is 9.58 Å². The molecule has 1 saturated heterocycles. The molecule has 0 radical (unpaired) electrons. The lowest BCUT2D eigenvalue weighted by atomic mass is 9.72.